The van der Waals surface area contributed by atoms with Gasteiger partial charge in [-0.1, -0.05) is 0 Å². The van der Waals surface area contributed by atoms with Gasteiger partial charge in [-0.25, -0.2) is 0 Å². The van der Waals surface area contributed by atoms with E-state index in [0.717, 1.165) is 0 Å². The highest BCUT2D eigenvalue weighted by molar-refractivity contribution is 4.94. The van der Waals surface area contributed by atoms with E-state index >= 15 is 0 Å². The molecule has 2 heterocycles. The van der Waals surface area contributed by atoms with E-state index in [0.29, 0.717) is 6.61 Å². The molecule has 0 unspecified atom stereocenters. The molecule has 2 aliphatic heterocycles. The molecule has 0 spiro atoms. The van der Waals surface area contributed by atoms with E-state index in [1.807, 2.05) is 0 Å². The molecule has 2 aliphatic rings. The summed E-state index contributed by atoms with van der Waals surface area (Å²) in [5, 5.41) is 20.2. The first-order valence-electron chi connectivity index (χ1n) is 6.65. The van der Waals surface area contributed by atoms with Crippen molar-refractivity contribution in [1.29, 1.82) is 0 Å². The standard InChI is InChI=1S/C13H24O6/c1-7(14)10-11(19-13(4,5)18-10)9(15)8-6-16-12(2,3)17-8/h7-11,14-15H,6H2,1-5H3/t7-,8+,9+,10+,11-/m0/s1. The van der Waals surface area contributed by atoms with Crippen molar-refractivity contribution < 1.29 is 29.2 Å². The van der Waals surface area contributed by atoms with E-state index in [1.54, 1.807) is 34.6 Å². The lowest BCUT2D eigenvalue weighted by Crippen LogP contribution is -2.47. The summed E-state index contributed by atoms with van der Waals surface area (Å²) >= 11 is 0. The Morgan fingerprint density at radius 1 is 0.947 bits per heavy atom. The van der Waals surface area contributed by atoms with Crippen LogP contribution in [0.3, 0.4) is 0 Å². The van der Waals surface area contributed by atoms with E-state index in [2.05, 4.69) is 0 Å². The summed E-state index contributed by atoms with van der Waals surface area (Å²) in [5.74, 6) is -1.54. The van der Waals surface area contributed by atoms with Gasteiger partial charge >= 0.3 is 0 Å². The first-order valence-corrected chi connectivity index (χ1v) is 6.65. The van der Waals surface area contributed by atoms with Crippen LogP contribution in [-0.2, 0) is 18.9 Å². The molecule has 2 saturated heterocycles. The van der Waals surface area contributed by atoms with Gasteiger partial charge < -0.3 is 29.2 Å². The molecule has 0 aromatic carbocycles. The molecule has 0 aromatic rings. The van der Waals surface area contributed by atoms with Gasteiger partial charge in [0.05, 0.1) is 12.7 Å². The lowest BCUT2D eigenvalue weighted by molar-refractivity contribution is -0.179. The third kappa shape index (κ3) is 3.26. The Morgan fingerprint density at radius 2 is 1.53 bits per heavy atom. The van der Waals surface area contributed by atoms with Crippen LogP contribution in [0.1, 0.15) is 34.6 Å². The minimum atomic E-state index is -0.914. The average molecular weight is 276 g/mol. The second kappa shape index (κ2) is 4.95. The third-order valence-electron chi connectivity index (χ3n) is 3.39. The smallest absolute Gasteiger partial charge is 0.164 e. The average Bonchev–Trinajstić information content (AvgIpc) is 2.77. The molecule has 19 heavy (non-hydrogen) atoms. The van der Waals surface area contributed by atoms with Gasteiger partial charge in [0.25, 0.3) is 0 Å². The van der Waals surface area contributed by atoms with Gasteiger partial charge in [-0.05, 0) is 34.6 Å². The SMILES string of the molecule is C[C@H](O)[C@H]1OC(C)(C)O[C@H]1[C@H](O)[C@H]1COC(C)(C)O1. The molecule has 0 radical (unpaired) electrons. The number of aliphatic hydroxyl groups is 2. The summed E-state index contributed by atoms with van der Waals surface area (Å²) in [6.07, 6.45) is -3.37. The summed E-state index contributed by atoms with van der Waals surface area (Å²) in [6, 6.07) is 0. The quantitative estimate of drug-likeness (QED) is 0.777. The van der Waals surface area contributed by atoms with Crippen LogP contribution in [0, 0.1) is 0 Å². The summed E-state index contributed by atoms with van der Waals surface area (Å²) in [4.78, 5) is 0. The maximum absolute atomic E-state index is 10.4. The maximum atomic E-state index is 10.4. The third-order valence-corrected chi connectivity index (χ3v) is 3.39. The molecule has 2 rings (SSSR count). The van der Waals surface area contributed by atoms with Crippen LogP contribution in [0.5, 0.6) is 0 Å². The van der Waals surface area contributed by atoms with Crippen molar-refractivity contribution in [3.63, 3.8) is 0 Å². The van der Waals surface area contributed by atoms with Crippen LogP contribution in [0.25, 0.3) is 0 Å². The fraction of sp³-hybridized carbons (Fsp3) is 1.00. The molecule has 112 valence electrons. The van der Waals surface area contributed by atoms with Crippen molar-refractivity contribution >= 4 is 0 Å². The first kappa shape index (κ1) is 15.2. The van der Waals surface area contributed by atoms with E-state index in [9.17, 15) is 10.2 Å². The molecule has 5 atom stereocenters. The van der Waals surface area contributed by atoms with Gasteiger partial charge in [0.1, 0.15) is 24.4 Å². The molecule has 0 bridgehead atoms. The lowest BCUT2D eigenvalue weighted by Gasteiger charge is -2.27. The number of aliphatic hydroxyl groups excluding tert-OH is 2. The number of hydrogen-bond acceptors (Lipinski definition) is 6. The second-order valence-electron chi connectivity index (χ2n) is 6.16. The molecule has 0 saturated carbocycles. The Balaban J connectivity index is 2.07. The molecule has 6 nitrogen and oxygen atoms in total. The minimum Gasteiger partial charge on any atom is -0.391 e. The van der Waals surface area contributed by atoms with Crippen LogP contribution in [-0.4, -0.2) is 58.9 Å². The van der Waals surface area contributed by atoms with Gasteiger partial charge in [-0.3, -0.25) is 0 Å². The molecular formula is C13H24O6. The van der Waals surface area contributed by atoms with E-state index < -0.39 is 42.1 Å². The van der Waals surface area contributed by atoms with E-state index in [1.165, 1.54) is 0 Å². The van der Waals surface area contributed by atoms with Crippen molar-refractivity contribution in [3.8, 4) is 0 Å². The number of ether oxygens (including phenoxy) is 4. The van der Waals surface area contributed by atoms with Crippen molar-refractivity contribution in [2.75, 3.05) is 6.61 Å². The molecule has 0 amide bonds. The Morgan fingerprint density at radius 3 is 2.00 bits per heavy atom. The van der Waals surface area contributed by atoms with E-state index in [-0.39, 0.29) is 0 Å². The zero-order valence-electron chi connectivity index (χ0n) is 12.1. The molecule has 0 aliphatic carbocycles. The lowest BCUT2D eigenvalue weighted by atomic mass is 10.0. The van der Waals surface area contributed by atoms with Crippen LogP contribution >= 0.6 is 0 Å². The minimum absolute atomic E-state index is 0.293. The van der Waals surface area contributed by atoms with Crippen LogP contribution in [0.15, 0.2) is 0 Å². The van der Waals surface area contributed by atoms with E-state index in [4.69, 9.17) is 18.9 Å². The second-order valence-corrected chi connectivity index (χ2v) is 6.16. The van der Waals surface area contributed by atoms with Crippen molar-refractivity contribution in [3.05, 3.63) is 0 Å². The summed E-state index contributed by atoms with van der Waals surface area (Å²) in [7, 11) is 0. The Labute approximate surface area is 113 Å². The molecule has 0 aromatic heterocycles. The van der Waals surface area contributed by atoms with Gasteiger partial charge in [0.15, 0.2) is 11.6 Å². The Kier molecular flexibility index (Phi) is 3.94. The van der Waals surface area contributed by atoms with Crippen LogP contribution in [0.2, 0.25) is 0 Å². The zero-order valence-corrected chi connectivity index (χ0v) is 12.1. The van der Waals surface area contributed by atoms with Crippen LogP contribution in [0.4, 0.5) is 0 Å². The predicted octanol–water partition coefficient (Wildman–Crippen LogP) is 0.400. The monoisotopic (exact) mass is 276 g/mol. The fourth-order valence-electron chi connectivity index (χ4n) is 2.55. The Bertz CT molecular complexity index is 327. The van der Waals surface area contributed by atoms with Gasteiger partial charge in [0, 0.05) is 0 Å². The summed E-state index contributed by atoms with van der Waals surface area (Å²) in [5.41, 5.74) is 0. The van der Waals surface area contributed by atoms with Crippen LogP contribution < -0.4 is 0 Å². The van der Waals surface area contributed by atoms with Crippen molar-refractivity contribution in [1.82, 2.24) is 0 Å². The zero-order chi connectivity index (χ0) is 14.4. The number of rotatable bonds is 3. The molecular weight excluding hydrogens is 252 g/mol. The largest absolute Gasteiger partial charge is 0.391 e. The van der Waals surface area contributed by atoms with Gasteiger partial charge in [-0.15, -0.1) is 0 Å². The Hall–Kier alpha value is -0.240. The highest BCUT2D eigenvalue weighted by Crippen LogP contribution is 2.35. The highest BCUT2D eigenvalue weighted by atomic mass is 16.8. The fourth-order valence-corrected chi connectivity index (χ4v) is 2.55. The molecule has 2 N–H and O–H groups in total. The normalized spacial score (nSPS) is 40.3. The van der Waals surface area contributed by atoms with Gasteiger partial charge in [-0.2, -0.15) is 0 Å². The molecule has 2 fully saturated rings. The van der Waals surface area contributed by atoms with Gasteiger partial charge in [0.2, 0.25) is 0 Å². The highest BCUT2D eigenvalue weighted by Gasteiger charge is 2.51. The topological polar surface area (TPSA) is 77.4 Å². The summed E-state index contributed by atoms with van der Waals surface area (Å²) in [6.45, 7) is 9.01. The first-order chi connectivity index (χ1) is 8.61. The molecule has 6 heteroatoms. The number of hydrogen-bond donors (Lipinski definition) is 2. The van der Waals surface area contributed by atoms with Crippen molar-refractivity contribution in [2.24, 2.45) is 0 Å². The predicted molar refractivity (Wildman–Crippen MR) is 66.4 cm³/mol. The van der Waals surface area contributed by atoms with Crippen molar-refractivity contribution in [2.45, 2.75) is 76.7 Å². The maximum Gasteiger partial charge on any atom is 0.164 e. The summed E-state index contributed by atoms with van der Waals surface area (Å²) < 4.78 is 22.4.